The Morgan fingerprint density at radius 3 is 2.39 bits per heavy atom. The van der Waals surface area contributed by atoms with Gasteiger partial charge in [0.2, 0.25) is 5.88 Å². The van der Waals surface area contributed by atoms with Crippen molar-refractivity contribution in [3.63, 3.8) is 0 Å². The lowest BCUT2D eigenvalue weighted by atomic mass is 10.1. The van der Waals surface area contributed by atoms with Crippen molar-refractivity contribution in [3.8, 4) is 23.1 Å². The van der Waals surface area contributed by atoms with E-state index in [-0.39, 0.29) is 11.8 Å². The van der Waals surface area contributed by atoms with Crippen molar-refractivity contribution in [2.75, 3.05) is 27.5 Å². The molecule has 0 bridgehead atoms. The number of thioether (sulfide) groups is 1. The summed E-state index contributed by atoms with van der Waals surface area (Å²) in [6.07, 6.45) is 3.38. The molecule has 0 saturated carbocycles. The van der Waals surface area contributed by atoms with Crippen LogP contribution in [0.15, 0.2) is 53.8 Å². The van der Waals surface area contributed by atoms with E-state index in [2.05, 4.69) is 9.97 Å². The molecule has 162 valence electrons. The Labute approximate surface area is 186 Å². The van der Waals surface area contributed by atoms with E-state index in [1.54, 1.807) is 32.2 Å². The number of methoxy groups -OCH3 is 2. The Morgan fingerprint density at radius 2 is 1.77 bits per heavy atom. The van der Waals surface area contributed by atoms with Gasteiger partial charge in [-0.05, 0) is 42.5 Å². The van der Waals surface area contributed by atoms with Crippen LogP contribution in [0.25, 0.3) is 0 Å². The Balaban J connectivity index is 1.89. The summed E-state index contributed by atoms with van der Waals surface area (Å²) in [7, 11) is 4.90. The summed E-state index contributed by atoms with van der Waals surface area (Å²) in [5, 5.41) is 0.528. The second kappa shape index (κ2) is 10.2. The molecule has 7 nitrogen and oxygen atoms in total. The summed E-state index contributed by atoms with van der Waals surface area (Å²) in [5.74, 6) is 1.94. The zero-order chi connectivity index (χ0) is 22.4. The molecule has 1 aromatic heterocycles. The minimum absolute atomic E-state index is 0.230. The van der Waals surface area contributed by atoms with E-state index in [1.165, 1.54) is 18.0 Å². The first kappa shape index (κ1) is 22.4. The second-order valence-corrected chi connectivity index (χ2v) is 7.60. The molecule has 31 heavy (non-hydrogen) atoms. The van der Waals surface area contributed by atoms with Crippen LogP contribution in [0.4, 0.5) is 0 Å². The minimum atomic E-state index is -0.252. The highest BCUT2D eigenvalue weighted by Gasteiger charge is 2.21. The van der Waals surface area contributed by atoms with Crippen LogP contribution in [0.3, 0.4) is 0 Å². The SMILES string of the molecule is COc1cc(CN(C)C(=O)c2cnc(SC)nc2Oc2ccccc2C)cc(OC)c1. The fraction of sp³-hybridized carbons (Fsp3) is 0.261. The first-order chi connectivity index (χ1) is 14.9. The fourth-order valence-corrected chi connectivity index (χ4v) is 3.29. The molecule has 0 aliphatic heterocycles. The molecule has 0 aliphatic carbocycles. The maximum absolute atomic E-state index is 13.3. The molecule has 3 aromatic rings. The number of ether oxygens (including phenoxy) is 3. The summed E-state index contributed by atoms with van der Waals surface area (Å²) >= 11 is 1.38. The molecule has 0 radical (unpaired) electrons. The van der Waals surface area contributed by atoms with Gasteiger partial charge >= 0.3 is 0 Å². The summed E-state index contributed by atoms with van der Waals surface area (Å²) in [4.78, 5) is 23.5. The molecule has 0 spiro atoms. The molecule has 1 heterocycles. The van der Waals surface area contributed by atoms with Gasteiger partial charge < -0.3 is 19.1 Å². The molecular formula is C23H25N3O4S. The van der Waals surface area contributed by atoms with Crippen molar-refractivity contribution in [2.24, 2.45) is 0 Å². The zero-order valence-electron chi connectivity index (χ0n) is 18.2. The number of para-hydroxylation sites is 1. The van der Waals surface area contributed by atoms with Crippen molar-refractivity contribution in [1.82, 2.24) is 14.9 Å². The van der Waals surface area contributed by atoms with Crippen LogP contribution in [-0.4, -0.2) is 48.3 Å². The van der Waals surface area contributed by atoms with Gasteiger partial charge in [-0.2, -0.15) is 4.98 Å². The summed E-state index contributed by atoms with van der Waals surface area (Å²) in [6.45, 7) is 2.29. The third kappa shape index (κ3) is 5.46. The largest absolute Gasteiger partial charge is 0.497 e. The lowest BCUT2D eigenvalue weighted by molar-refractivity contribution is 0.0780. The van der Waals surface area contributed by atoms with Crippen LogP contribution >= 0.6 is 11.8 Å². The van der Waals surface area contributed by atoms with Crippen LogP contribution in [0.1, 0.15) is 21.5 Å². The average molecular weight is 440 g/mol. The second-order valence-electron chi connectivity index (χ2n) is 6.83. The highest BCUT2D eigenvalue weighted by atomic mass is 32.2. The number of hydrogen-bond donors (Lipinski definition) is 0. The van der Waals surface area contributed by atoms with Gasteiger partial charge in [0.25, 0.3) is 5.91 Å². The smallest absolute Gasteiger partial charge is 0.260 e. The molecule has 0 aliphatic rings. The summed E-state index contributed by atoms with van der Waals surface area (Å²) < 4.78 is 16.7. The van der Waals surface area contributed by atoms with Crippen LogP contribution in [-0.2, 0) is 6.54 Å². The summed E-state index contributed by atoms with van der Waals surface area (Å²) in [5.41, 5.74) is 2.11. The highest BCUT2D eigenvalue weighted by molar-refractivity contribution is 7.98. The van der Waals surface area contributed by atoms with Gasteiger partial charge in [-0.15, -0.1) is 0 Å². The van der Waals surface area contributed by atoms with Crippen LogP contribution < -0.4 is 14.2 Å². The number of carbonyl (C=O) groups is 1. The molecule has 0 fully saturated rings. The Bertz CT molecular complexity index is 1050. The highest BCUT2D eigenvalue weighted by Crippen LogP contribution is 2.29. The number of amides is 1. The quantitative estimate of drug-likeness (QED) is 0.375. The monoisotopic (exact) mass is 439 g/mol. The molecule has 0 N–H and O–H groups in total. The van der Waals surface area contributed by atoms with E-state index in [1.807, 2.05) is 49.6 Å². The van der Waals surface area contributed by atoms with Gasteiger partial charge in [-0.1, -0.05) is 30.0 Å². The summed E-state index contributed by atoms with van der Waals surface area (Å²) in [6, 6.07) is 13.1. The van der Waals surface area contributed by atoms with Crippen LogP contribution in [0.2, 0.25) is 0 Å². The normalized spacial score (nSPS) is 10.5. The predicted molar refractivity (Wildman–Crippen MR) is 120 cm³/mol. The predicted octanol–water partition coefficient (Wildman–Crippen LogP) is 4.59. The lowest BCUT2D eigenvalue weighted by Crippen LogP contribution is -2.27. The van der Waals surface area contributed by atoms with E-state index in [0.717, 1.165) is 11.1 Å². The van der Waals surface area contributed by atoms with Crippen LogP contribution in [0.5, 0.6) is 23.1 Å². The molecule has 0 atom stereocenters. The number of nitrogens with zero attached hydrogens (tertiary/aromatic N) is 3. The number of carbonyl (C=O) groups excluding carboxylic acids is 1. The number of aryl methyl sites for hydroxylation is 1. The van der Waals surface area contributed by atoms with E-state index >= 15 is 0 Å². The third-order valence-corrected chi connectivity index (χ3v) is 5.18. The molecule has 1 amide bonds. The molecule has 3 rings (SSSR count). The fourth-order valence-electron chi connectivity index (χ4n) is 2.96. The number of aromatic nitrogens is 2. The van der Waals surface area contributed by atoms with Gasteiger partial charge in [0, 0.05) is 25.9 Å². The average Bonchev–Trinajstić information content (AvgIpc) is 2.79. The molecule has 0 saturated heterocycles. The Hall–Kier alpha value is -3.26. The molecular weight excluding hydrogens is 414 g/mol. The number of rotatable bonds is 8. The van der Waals surface area contributed by atoms with Crippen molar-refractivity contribution >= 4 is 17.7 Å². The van der Waals surface area contributed by atoms with E-state index in [9.17, 15) is 4.79 Å². The van der Waals surface area contributed by atoms with Crippen LogP contribution in [0, 0.1) is 6.92 Å². The maximum atomic E-state index is 13.3. The molecule has 8 heteroatoms. The molecule has 2 aromatic carbocycles. The van der Waals surface area contributed by atoms with Gasteiger partial charge in [-0.25, -0.2) is 4.98 Å². The van der Waals surface area contributed by atoms with Gasteiger partial charge in [-0.3, -0.25) is 4.79 Å². The van der Waals surface area contributed by atoms with Gasteiger partial charge in [0.05, 0.1) is 14.2 Å². The zero-order valence-corrected chi connectivity index (χ0v) is 19.0. The van der Waals surface area contributed by atoms with E-state index in [0.29, 0.717) is 34.5 Å². The number of benzene rings is 2. The van der Waals surface area contributed by atoms with E-state index < -0.39 is 0 Å². The first-order valence-electron chi connectivity index (χ1n) is 9.57. The maximum Gasteiger partial charge on any atom is 0.260 e. The Kier molecular flexibility index (Phi) is 7.36. The van der Waals surface area contributed by atoms with Gasteiger partial charge in [0.15, 0.2) is 5.16 Å². The van der Waals surface area contributed by atoms with Crippen molar-refractivity contribution in [3.05, 3.63) is 65.4 Å². The third-order valence-electron chi connectivity index (χ3n) is 4.62. The standard InChI is InChI=1S/C23H25N3O4S/c1-15-8-6-7-9-20(15)30-21-19(13-24-23(25-21)31-5)22(27)26(2)14-16-10-17(28-3)12-18(11-16)29-4/h6-13H,14H2,1-5H3. The topological polar surface area (TPSA) is 73.8 Å². The minimum Gasteiger partial charge on any atom is -0.497 e. The first-order valence-corrected chi connectivity index (χ1v) is 10.8. The van der Waals surface area contributed by atoms with Crippen molar-refractivity contribution in [2.45, 2.75) is 18.6 Å². The van der Waals surface area contributed by atoms with Gasteiger partial charge in [0.1, 0.15) is 22.8 Å². The van der Waals surface area contributed by atoms with Crippen molar-refractivity contribution < 1.29 is 19.0 Å². The van der Waals surface area contributed by atoms with E-state index in [4.69, 9.17) is 14.2 Å². The number of hydrogen-bond acceptors (Lipinski definition) is 7. The van der Waals surface area contributed by atoms with Crippen molar-refractivity contribution in [1.29, 1.82) is 0 Å². The molecule has 0 unspecified atom stereocenters. The lowest BCUT2D eigenvalue weighted by Gasteiger charge is -2.20. The Morgan fingerprint density at radius 1 is 1.10 bits per heavy atom.